The molecule has 0 spiro atoms. The summed E-state index contributed by atoms with van der Waals surface area (Å²) in [5.41, 5.74) is 0. The lowest BCUT2D eigenvalue weighted by Gasteiger charge is -2.21. The number of unbranched alkanes of at least 4 members (excludes halogenated alkanes) is 34. The summed E-state index contributed by atoms with van der Waals surface area (Å²) >= 11 is 0. The number of phosphoric acid groups is 2. The van der Waals surface area contributed by atoms with Gasteiger partial charge in [0.1, 0.15) is 19.3 Å². The molecular formula is C71H138O17P2. The molecule has 0 rings (SSSR count). The molecule has 90 heavy (non-hydrogen) atoms. The summed E-state index contributed by atoms with van der Waals surface area (Å²) in [4.78, 5) is 72.5. The first kappa shape index (κ1) is 88.1. The standard InChI is InChI=1S/C71H138O17P2/c1-61(2)47-39-31-23-18-14-10-9-11-16-20-26-37-45-53-70(75)87-66(57-81-68(73)51-43-35-28-22-25-33-41-49-63(5)6)59-85-89(77,78)83-55-65(72)56-84-90(79,80)86-60-67(58-82-69(74)52-44-36-30-29-34-42-50-64(7)8)88-71(76)54-46-38-27-21-17-13-12-15-19-24-32-40-48-62(3)4/h61-67,72H,9-60H2,1-8H3,(H,77,78)(H,79,80)/t65-,66-,67-/m1/s1. The third-order valence-electron chi connectivity index (χ3n) is 16.3. The molecule has 534 valence electrons. The van der Waals surface area contributed by atoms with Crippen molar-refractivity contribution in [3.05, 3.63) is 0 Å². The molecule has 19 heteroatoms. The van der Waals surface area contributed by atoms with Crippen LogP contribution in [0.15, 0.2) is 0 Å². The molecule has 0 aliphatic heterocycles. The minimum atomic E-state index is -4.95. The summed E-state index contributed by atoms with van der Waals surface area (Å²) in [7, 11) is -9.90. The van der Waals surface area contributed by atoms with Crippen LogP contribution in [0.5, 0.6) is 0 Å². The lowest BCUT2D eigenvalue weighted by atomic mass is 10.0. The molecule has 0 amide bonds. The van der Waals surface area contributed by atoms with Crippen LogP contribution in [0.3, 0.4) is 0 Å². The molecule has 0 fully saturated rings. The molecule has 0 aliphatic carbocycles. The van der Waals surface area contributed by atoms with Crippen LogP contribution in [0, 0.1) is 23.7 Å². The first-order chi connectivity index (χ1) is 43.1. The number of hydrogen-bond donors (Lipinski definition) is 3. The van der Waals surface area contributed by atoms with E-state index in [0.717, 1.165) is 115 Å². The van der Waals surface area contributed by atoms with Gasteiger partial charge in [-0.25, -0.2) is 9.13 Å². The largest absolute Gasteiger partial charge is 0.472 e. The van der Waals surface area contributed by atoms with E-state index in [1.54, 1.807) is 0 Å². The van der Waals surface area contributed by atoms with Gasteiger partial charge in [0.2, 0.25) is 0 Å². The number of aliphatic hydroxyl groups is 1. The Hall–Kier alpha value is -1.94. The van der Waals surface area contributed by atoms with E-state index in [0.29, 0.717) is 37.5 Å². The maximum Gasteiger partial charge on any atom is 0.472 e. The molecule has 0 aromatic heterocycles. The third kappa shape index (κ3) is 64.8. The molecule has 0 heterocycles. The second-order valence-corrected chi connectivity index (χ2v) is 30.4. The van der Waals surface area contributed by atoms with Crippen LogP contribution >= 0.6 is 15.6 Å². The Morgan fingerprint density at radius 1 is 0.278 bits per heavy atom. The molecule has 0 aliphatic rings. The number of carbonyl (C=O) groups is 4. The molecule has 2 unspecified atom stereocenters. The van der Waals surface area contributed by atoms with E-state index in [1.165, 1.54) is 141 Å². The lowest BCUT2D eigenvalue weighted by Crippen LogP contribution is -2.30. The van der Waals surface area contributed by atoms with Crippen molar-refractivity contribution in [1.82, 2.24) is 0 Å². The fourth-order valence-electron chi connectivity index (χ4n) is 10.7. The van der Waals surface area contributed by atoms with Crippen LogP contribution in [-0.4, -0.2) is 96.7 Å². The van der Waals surface area contributed by atoms with Crippen LogP contribution in [0.2, 0.25) is 0 Å². The van der Waals surface area contributed by atoms with Gasteiger partial charge in [-0.3, -0.25) is 37.3 Å². The minimum Gasteiger partial charge on any atom is -0.462 e. The van der Waals surface area contributed by atoms with Gasteiger partial charge in [0.15, 0.2) is 12.2 Å². The maximum atomic E-state index is 13.0. The summed E-state index contributed by atoms with van der Waals surface area (Å²) in [5, 5.41) is 10.6. The highest BCUT2D eigenvalue weighted by molar-refractivity contribution is 7.47. The number of aliphatic hydroxyl groups excluding tert-OH is 1. The quantitative estimate of drug-likeness (QED) is 0.0222. The Balaban J connectivity index is 5.22. The number of esters is 4. The number of rotatable bonds is 68. The van der Waals surface area contributed by atoms with Gasteiger partial charge in [0.05, 0.1) is 26.4 Å². The van der Waals surface area contributed by atoms with Crippen LogP contribution in [0.1, 0.15) is 351 Å². The van der Waals surface area contributed by atoms with Gasteiger partial charge in [-0.15, -0.1) is 0 Å². The van der Waals surface area contributed by atoms with Crippen molar-refractivity contribution < 1.29 is 80.2 Å². The molecule has 0 saturated carbocycles. The summed E-state index contributed by atoms with van der Waals surface area (Å²) < 4.78 is 68.3. The zero-order chi connectivity index (χ0) is 66.8. The second kappa shape index (κ2) is 60.7. The van der Waals surface area contributed by atoms with Gasteiger partial charge < -0.3 is 33.8 Å². The Bertz CT molecular complexity index is 1780. The fraction of sp³-hybridized carbons (Fsp3) is 0.944. The Kier molecular flexibility index (Phi) is 59.4. The molecule has 0 aromatic carbocycles. The predicted molar refractivity (Wildman–Crippen MR) is 363 cm³/mol. The normalized spacial score (nSPS) is 14.3. The van der Waals surface area contributed by atoms with Crippen molar-refractivity contribution in [3.8, 4) is 0 Å². The summed E-state index contributed by atoms with van der Waals surface area (Å²) in [6, 6.07) is 0. The van der Waals surface area contributed by atoms with E-state index in [1.807, 2.05) is 0 Å². The van der Waals surface area contributed by atoms with Gasteiger partial charge in [-0.05, 0) is 49.4 Å². The Morgan fingerprint density at radius 2 is 0.467 bits per heavy atom. The Morgan fingerprint density at radius 3 is 0.689 bits per heavy atom. The predicted octanol–water partition coefficient (Wildman–Crippen LogP) is 20.1. The molecule has 0 aromatic rings. The van der Waals surface area contributed by atoms with E-state index in [9.17, 15) is 43.2 Å². The molecule has 5 atom stereocenters. The number of phosphoric ester groups is 2. The van der Waals surface area contributed by atoms with Crippen molar-refractivity contribution in [2.24, 2.45) is 23.7 Å². The van der Waals surface area contributed by atoms with Crippen LogP contribution in [0.25, 0.3) is 0 Å². The lowest BCUT2D eigenvalue weighted by molar-refractivity contribution is -0.161. The highest BCUT2D eigenvalue weighted by Crippen LogP contribution is 2.45. The smallest absolute Gasteiger partial charge is 0.462 e. The van der Waals surface area contributed by atoms with Crippen molar-refractivity contribution in [3.63, 3.8) is 0 Å². The van der Waals surface area contributed by atoms with E-state index in [2.05, 4.69) is 55.4 Å². The summed E-state index contributed by atoms with van der Waals surface area (Å²) in [5.74, 6) is 0.818. The molecule has 3 N–H and O–H groups in total. The fourth-order valence-corrected chi connectivity index (χ4v) is 12.2. The van der Waals surface area contributed by atoms with Gasteiger partial charge in [0, 0.05) is 25.7 Å². The number of carbonyl (C=O) groups excluding carboxylic acids is 4. The van der Waals surface area contributed by atoms with Crippen LogP contribution in [0.4, 0.5) is 0 Å². The zero-order valence-corrected chi connectivity index (χ0v) is 60.6. The molecule has 0 saturated heterocycles. The summed E-state index contributed by atoms with van der Waals surface area (Å²) in [6.07, 6.45) is 43.3. The number of hydrogen-bond acceptors (Lipinski definition) is 15. The molecule has 17 nitrogen and oxygen atoms in total. The van der Waals surface area contributed by atoms with E-state index < -0.39 is 97.5 Å². The SMILES string of the molecule is CC(C)CCCCCCCCCCCCCCCC(=O)O[C@H](COC(=O)CCCCCCCCCC(C)C)COP(=O)(O)OC[C@@H](O)COP(=O)(O)OC[C@@H](COC(=O)CCCCCCCCC(C)C)OC(=O)CCCCCCCCCCCCCCC(C)C. The van der Waals surface area contributed by atoms with Gasteiger partial charge >= 0.3 is 39.5 Å². The van der Waals surface area contributed by atoms with Gasteiger partial charge in [-0.1, -0.05) is 299 Å². The molecule has 0 radical (unpaired) electrons. The molecular weight excluding hydrogens is 1190 g/mol. The van der Waals surface area contributed by atoms with Crippen LogP contribution in [-0.2, 0) is 65.4 Å². The van der Waals surface area contributed by atoms with Crippen molar-refractivity contribution in [2.45, 2.75) is 369 Å². The minimum absolute atomic E-state index is 0.105. The first-order valence-electron chi connectivity index (χ1n) is 36.7. The molecule has 0 bridgehead atoms. The van der Waals surface area contributed by atoms with E-state index >= 15 is 0 Å². The maximum absolute atomic E-state index is 13.0. The summed E-state index contributed by atoms with van der Waals surface area (Å²) in [6.45, 7) is 14.0. The van der Waals surface area contributed by atoms with Crippen LogP contribution < -0.4 is 0 Å². The second-order valence-electron chi connectivity index (χ2n) is 27.5. The van der Waals surface area contributed by atoms with Gasteiger partial charge in [0.25, 0.3) is 0 Å². The van der Waals surface area contributed by atoms with Gasteiger partial charge in [-0.2, -0.15) is 0 Å². The third-order valence-corrected chi connectivity index (χ3v) is 18.2. The van der Waals surface area contributed by atoms with Crippen molar-refractivity contribution in [2.75, 3.05) is 39.6 Å². The van der Waals surface area contributed by atoms with E-state index in [4.69, 9.17) is 37.0 Å². The van der Waals surface area contributed by atoms with E-state index in [-0.39, 0.29) is 25.7 Å². The van der Waals surface area contributed by atoms with Crippen molar-refractivity contribution in [1.29, 1.82) is 0 Å². The monoisotopic (exact) mass is 1320 g/mol. The highest BCUT2D eigenvalue weighted by Gasteiger charge is 2.30. The topological polar surface area (TPSA) is 237 Å². The average molecular weight is 1330 g/mol. The van der Waals surface area contributed by atoms with Crippen molar-refractivity contribution >= 4 is 39.5 Å². The first-order valence-corrected chi connectivity index (χ1v) is 39.7. The number of ether oxygens (including phenoxy) is 4. The highest BCUT2D eigenvalue weighted by atomic mass is 31.2. The Labute approximate surface area is 549 Å². The average Bonchev–Trinajstić information content (AvgIpc) is 2.21. The zero-order valence-electron chi connectivity index (χ0n) is 58.8.